The summed E-state index contributed by atoms with van der Waals surface area (Å²) in [5.74, 6) is 0.0101. The molecule has 0 atom stereocenters. The van der Waals surface area contributed by atoms with Gasteiger partial charge in [0.2, 0.25) is 0 Å². The molecule has 0 N–H and O–H groups in total. The van der Waals surface area contributed by atoms with E-state index >= 15 is 0 Å². The fourth-order valence-corrected chi connectivity index (χ4v) is 3.31. The molecular formula is C16H20BrN3O3. The Balaban J connectivity index is 1.57. The highest BCUT2D eigenvalue weighted by atomic mass is 79.9. The number of hydrogen-bond acceptors (Lipinski definition) is 3. The monoisotopic (exact) mass is 381 g/mol. The van der Waals surface area contributed by atoms with E-state index < -0.39 is 0 Å². The third-order valence-electron chi connectivity index (χ3n) is 4.22. The average molecular weight is 382 g/mol. The molecular weight excluding hydrogens is 362 g/mol. The van der Waals surface area contributed by atoms with Gasteiger partial charge in [-0.15, -0.1) is 0 Å². The normalized spacial score (nSPS) is 18.9. The van der Waals surface area contributed by atoms with E-state index in [4.69, 9.17) is 4.74 Å². The van der Waals surface area contributed by atoms with Crippen LogP contribution in [0.4, 0.5) is 4.79 Å². The first kappa shape index (κ1) is 16.3. The molecule has 0 unspecified atom stereocenters. The van der Waals surface area contributed by atoms with Crippen LogP contribution in [0.25, 0.3) is 0 Å². The Labute approximate surface area is 144 Å². The molecule has 1 aromatic carbocycles. The second kappa shape index (κ2) is 7.31. The summed E-state index contributed by atoms with van der Waals surface area (Å²) in [6.07, 6.45) is 0. The largest absolute Gasteiger partial charge is 0.378 e. The van der Waals surface area contributed by atoms with Gasteiger partial charge in [-0.2, -0.15) is 0 Å². The Kier molecular flexibility index (Phi) is 5.17. The van der Waals surface area contributed by atoms with Gasteiger partial charge in [-0.3, -0.25) is 4.79 Å². The van der Waals surface area contributed by atoms with Gasteiger partial charge in [-0.25, -0.2) is 4.79 Å². The molecule has 124 valence electrons. The molecule has 2 fully saturated rings. The molecule has 2 saturated heterocycles. The summed E-state index contributed by atoms with van der Waals surface area (Å²) >= 11 is 3.42. The number of benzene rings is 1. The zero-order valence-corrected chi connectivity index (χ0v) is 14.5. The third-order valence-corrected chi connectivity index (χ3v) is 4.91. The lowest BCUT2D eigenvalue weighted by molar-refractivity contribution is 0.0362. The summed E-state index contributed by atoms with van der Waals surface area (Å²) in [5, 5.41) is 0. The van der Waals surface area contributed by atoms with Crippen molar-refractivity contribution >= 4 is 27.9 Å². The number of halogens is 1. The molecule has 2 heterocycles. The Bertz CT molecular complexity index is 582. The lowest BCUT2D eigenvalue weighted by Crippen LogP contribution is -2.55. The van der Waals surface area contributed by atoms with Gasteiger partial charge in [0.25, 0.3) is 5.91 Å². The minimum absolute atomic E-state index is 0.0101. The lowest BCUT2D eigenvalue weighted by atomic mass is 10.2. The number of carbonyl (C=O) groups is 2. The maximum absolute atomic E-state index is 12.6. The average Bonchev–Trinajstić information content (AvgIpc) is 2.62. The molecule has 0 bridgehead atoms. The Hall–Kier alpha value is -1.60. The van der Waals surface area contributed by atoms with E-state index in [0.717, 1.165) is 4.47 Å². The molecule has 0 aliphatic carbocycles. The predicted molar refractivity (Wildman–Crippen MR) is 89.4 cm³/mol. The van der Waals surface area contributed by atoms with Gasteiger partial charge in [0.1, 0.15) is 0 Å². The van der Waals surface area contributed by atoms with Crippen LogP contribution in [0.1, 0.15) is 10.4 Å². The SMILES string of the molecule is O=C(c1ccccc1Br)N1CCN(C(=O)N2CCOCC2)CC1. The van der Waals surface area contributed by atoms with Gasteiger partial charge in [0.05, 0.1) is 18.8 Å². The number of carbonyl (C=O) groups excluding carboxylic acids is 2. The van der Waals surface area contributed by atoms with Gasteiger partial charge < -0.3 is 19.4 Å². The number of morpholine rings is 1. The van der Waals surface area contributed by atoms with Gasteiger partial charge >= 0.3 is 6.03 Å². The molecule has 7 heteroatoms. The first-order valence-corrected chi connectivity index (χ1v) is 8.61. The highest BCUT2D eigenvalue weighted by Gasteiger charge is 2.28. The number of rotatable bonds is 1. The molecule has 0 aromatic heterocycles. The minimum Gasteiger partial charge on any atom is -0.378 e. The van der Waals surface area contributed by atoms with Crippen LogP contribution in [0, 0.1) is 0 Å². The van der Waals surface area contributed by atoms with Crippen molar-refractivity contribution in [2.75, 3.05) is 52.5 Å². The molecule has 0 saturated carbocycles. The van der Waals surface area contributed by atoms with Crippen molar-refractivity contribution in [3.05, 3.63) is 34.3 Å². The van der Waals surface area contributed by atoms with E-state index in [9.17, 15) is 9.59 Å². The summed E-state index contributed by atoms with van der Waals surface area (Å²) in [7, 11) is 0. The number of nitrogens with zero attached hydrogens (tertiary/aromatic N) is 3. The van der Waals surface area contributed by atoms with Crippen LogP contribution in [-0.4, -0.2) is 79.1 Å². The van der Waals surface area contributed by atoms with Gasteiger partial charge in [-0.05, 0) is 28.1 Å². The summed E-state index contributed by atoms with van der Waals surface area (Å²) in [6.45, 7) is 4.79. The first-order valence-electron chi connectivity index (χ1n) is 7.82. The van der Waals surface area contributed by atoms with E-state index in [0.29, 0.717) is 58.0 Å². The Morgan fingerprint density at radius 1 is 0.870 bits per heavy atom. The molecule has 0 spiro atoms. The molecule has 1 aromatic rings. The Morgan fingerprint density at radius 2 is 1.43 bits per heavy atom. The van der Waals surface area contributed by atoms with Crippen LogP contribution < -0.4 is 0 Å². The standard InChI is InChI=1S/C16H20BrN3O3/c17-14-4-2-1-3-13(14)15(21)18-5-7-19(8-6-18)16(22)20-9-11-23-12-10-20/h1-4H,5-12H2. The van der Waals surface area contributed by atoms with Crippen LogP contribution >= 0.6 is 15.9 Å². The van der Waals surface area contributed by atoms with Crippen LogP contribution in [0.5, 0.6) is 0 Å². The van der Waals surface area contributed by atoms with Crippen molar-refractivity contribution < 1.29 is 14.3 Å². The summed E-state index contributed by atoms with van der Waals surface area (Å²) < 4.78 is 6.08. The summed E-state index contributed by atoms with van der Waals surface area (Å²) in [5.41, 5.74) is 0.667. The van der Waals surface area contributed by atoms with E-state index in [1.807, 2.05) is 39.0 Å². The quantitative estimate of drug-likeness (QED) is 0.743. The zero-order valence-electron chi connectivity index (χ0n) is 12.9. The lowest BCUT2D eigenvalue weighted by Gasteiger charge is -2.38. The topological polar surface area (TPSA) is 53.1 Å². The maximum atomic E-state index is 12.6. The smallest absolute Gasteiger partial charge is 0.320 e. The van der Waals surface area contributed by atoms with Crippen LogP contribution in [-0.2, 0) is 4.74 Å². The summed E-state index contributed by atoms with van der Waals surface area (Å²) in [6, 6.07) is 7.49. The summed E-state index contributed by atoms with van der Waals surface area (Å²) in [4.78, 5) is 30.5. The first-order chi connectivity index (χ1) is 11.2. The van der Waals surface area contributed by atoms with Crippen LogP contribution in [0.2, 0.25) is 0 Å². The van der Waals surface area contributed by atoms with Crippen LogP contribution in [0.3, 0.4) is 0 Å². The molecule has 2 aliphatic heterocycles. The number of amides is 3. The third kappa shape index (κ3) is 3.67. The zero-order chi connectivity index (χ0) is 16.2. The Morgan fingerprint density at radius 3 is 2.09 bits per heavy atom. The van der Waals surface area contributed by atoms with E-state index in [1.54, 1.807) is 0 Å². The maximum Gasteiger partial charge on any atom is 0.320 e. The minimum atomic E-state index is 0.0101. The number of piperazine rings is 1. The molecule has 23 heavy (non-hydrogen) atoms. The van der Waals surface area contributed by atoms with Crippen molar-refractivity contribution in [3.63, 3.8) is 0 Å². The second-order valence-corrected chi connectivity index (χ2v) is 6.50. The van der Waals surface area contributed by atoms with Gasteiger partial charge in [0, 0.05) is 43.7 Å². The van der Waals surface area contributed by atoms with E-state index in [-0.39, 0.29) is 11.9 Å². The molecule has 2 aliphatic rings. The number of hydrogen-bond donors (Lipinski definition) is 0. The number of urea groups is 1. The van der Waals surface area contributed by atoms with Crippen molar-refractivity contribution in [1.82, 2.24) is 14.7 Å². The molecule has 3 rings (SSSR count). The fraction of sp³-hybridized carbons (Fsp3) is 0.500. The van der Waals surface area contributed by atoms with Crippen molar-refractivity contribution in [2.45, 2.75) is 0 Å². The molecule has 0 radical (unpaired) electrons. The van der Waals surface area contributed by atoms with Crippen molar-refractivity contribution in [3.8, 4) is 0 Å². The van der Waals surface area contributed by atoms with Crippen molar-refractivity contribution in [1.29, 1.82) is 0 Å². The van der Waals surface area contributed by atoms with E-state index in [1.165, 1.54) is 0 Å². The fourth-order valence-electron chi connectivity index (χ4n) is 2.86. The van der Waals surface area contributed by atoms with Crippen molar-refractivity contribution in [2.24, 2.45) is 0 Å². The van der Waals surface area contributed by atoms with Gasteiger partial charge in [0.15, 0.2) is 0 Å². The predicted octanol–water partition coefficient (Wildman–Crippen LogP) is 1.66. The molecule has 3 amide bonds. The highest BCUT2D eigenvalue weighted by Crippen LogP contribution is 2.19. The van der Waals surface area contributed by atoms with Gasteiger partial charge in [-0.1, -0.05) is 12.1 Å². The van der Waals surface area contributed by atoms with E-state index in [2.05, 4.69) is 15.9 Å². The van der Waals surface area contributed by atoms with Crippen LogP contribution in [0.15, 0.2) is 28.7 Å². The highest BCUT2D eigenvalue weighted by molar-refractivity contribution is 9.10. The number of ether oxygens (including phenoxy) is 1. The molecule has 6 nitrogen and oxygen atoms in total. The second-order valence-electron chi connectivity index (χ2n) is 5.64.